The van der Waals surface area contributed by atoms with Crippen molar-refractivity contribution in [2.75, 3.05) is 6.61 Å². The standard InChI is InChI=1S/C9H15NO2/c1-9(2,6-11)8(10)7-3-4-12-5-7/h3-5,8,11H,6,10H2,1-2H3/t8-/m1/s1. The zero-order chi connectivity index (χ0) is 9.19. The van der Waals surface area contributed by atoms with Crippen molar-refractivity contribution in [3.8, 4) is 0 Å². The summed E-state index contributed by atoms with van der Waals surface area (Å²) in [6.07, 6.45) is 3.20. The van der Waals surface area contributed by atoms with Crippen LogP contribution in [0.1, 0.15) is 25.5 Å². The molecule has 0 aliphatic heterocycles. The predicted molar refractivity (Wildman–Crippen MR) is 46.5 cm³/mol. The molecule has 0 saturated heterocycles. The highest BCUT2D eigenvalue weighted by molar-refractivity contribution is 5.13. The van der Waals surface area contributed by atoms with E-state index in [0.717, 1.165) is 5.56 Å². The van der Waals surface area contributed by atoms with Crippen LogP contribution >= 0.6 is 0 Å². The Morgan fingerprint density at radius 3 is 2.75 bits per heavy atom. The van der Waals surface area contributed by atoms with Crippen LogP contribution in [0.4, 0.5) is 0 Å². The molecule has 0 amide bonds. The van der Waals surface area contributed by atoms with Crippen molar-refractivity contribution in [2.45, 2.75) is 19.9 Å². The lowest BCUT2D eigenvalue weighted by molar-refractivity contribution is 0.132. The van der Waals surface area contributed by atoms with E-state index in [0.29, 0.717) is 0 Å². The Morgan fingerprint density at radius 1 is 1.67 bits per heavy atom. The molecule has 1 heterocycles. The molecule has 1 aromatic heterocycles. The summed E-state index contributed by atoms with van der Waals surface area (Å²) in [6.45, 7) is 3.91. The number of nitrogens with two attached hydrogens (primary N) is 1. The SMILES string of the molecule is CC(C)(CO)[C@H](N)c1ccoc1. The van der Waals surface area contributed by atoms with Gasteiger partial charge < -0.3 is 15.3 Å². The van der Waals surface area contributed by atoms with Gasteiger partial charge in [-0.25, -0.2) is 0 Å². The van der Waals surface area contributed by atoms with Crippen LogP contribution in [0.3, 0.4) is 0 Å². The first-order valence-corrected chi connectivity index (χ1v) is 3.96. The van der Waals surface area contributed by atoms with Crippen molar-refractivity contribution in [1.29, 1.82) is 0 Å². The van der Waals surface area contributed by atoms with Gasteiger partial charge >= 0.3 is 0 Å². The average Bonchev–Trinajstić information content (AvgIpc) is 2.55. The van der Waals surface area contributed by atoms with Crippen LogP contribution in [0.2, 0.25) is 0 Å². The van der Waals surface area contributed by atoms with E-state index < -0.39 is 0 Å². The van der Waals surface area contributed by atoms with Crippen molar-refractivity contribution in [1.82, 2.24) is 0 Å². The Morgan fingerprint density at radius 2 is 2.33 bits per heavy atom. The second-order valence-corrected chi connectivity index (χ2v) is 3.68. The van der Waals surface area contributed by atoms with Crippen LogP contribution in [0.15, 0.2) is 23.0 Å². The minimum Gasteiger partial charge on any atom is -0.472 e. The molecule has 1 aromatic rings. The van der Waals surface area contributed by atoms with Crippen LogP contribution in [-0.4, -0.2) is 11.7 Å². The highest BCUT2D eigenvalue weighted by atomic mass is 16.3. The number of aliphatic hydroxyl groups excluding tert-OH is 1. The highest BCUT2D eigenvalue weighted by Crippen LogP contribution is 2.30. The summed E-state index contributed by atoms with van der Waals surface area (Å²) in [7, 11) is 0. The number of aliphatic hydroxyl groups is 1. The summed E-state index contributed by atoms with van der Waals surface area (Å²) in [5, 5.41) is 9.05. The van der Waals surface area contributed by atoms with Crippen LogP contribution < -0.4 is 5.73 Å². The quantitative estimate of drug-likeness (QED) is 0.717. The molecule has 0 bridgehead atoms. The van der Waals surface area contributed by atoms with Gasteiger partial charge in [-0.2, -0.15) is 0 Å². The third kappa shape index (κ3) is 1.68. The number of hydrogen-bond acceptors (Lipinski definition) is 3. The normalized spacial score (nSPS) is 14.7. The van der Waals surface area contributed by atoms with Gasteiger partial charge in [-0.15, -0.1) is 0 Å². The number of rotatable bonds is 3. The number of furan rings is 1. The summed E-state index contributed by atoms with van der Waals surface area (Å²) in [4.78, 5) is 0. The molecule has 1 atom stereocenters. The molecule has 0 aromatic carbocycles. The Balaban J connectivity index is 2.78. The number of hydrogen-bond donors (Lipinski definition) is 2. The zero-order valence-corrected chi connectivity index (χ0v) is 7.45. The fourth-order valence-electron chi connectivity index (χ4n) is 1.00. The molecule has 0 fully saturated rings. The zero-order valence-electron chi connectivity index (χ0n) is 7.45. The first-order chi connectivity index (χ1) is 5.58. The molecule has 0 spiro atoms. The van der Waals surface area contributed by atoms with Gasteiger partial charge in [-0.05, 0) is 6.07 Å². The monoisotopic (exact) mass is 169 g/mol. The van der Waals surface area contributed by atoms with Crippen molar-refractivity contribution in [3.63, 3.8) is 0 Å². The van der Waals surface area contributed by atoms with Gasteiger partial charge in [0.1, 0.15) is 0 Å². The van der Waals surface area contributed by atoms with Gasteiger partial charge in [-0.3, -0.25) is 0 Å². The molecule has 1 rings (SSSR count). The molecule has 12 heavy (non-hydrogen) atoms. The molecule has 0 aliphatic carbocycles. The lowest BCUT2D eigenvalue weighted by Gasteiger charge is -2.28. The summed E-state index contributed by atoms with van der Waals surface area (Å²) in [6, 6.07) is 1.64. The van der Waals surface area contributed by atoms with E-state index in [4.69, 9.17) is 15.3 Å². The maximum atomic E-state index is 9.05. The van der Waals surface area contributed by atoms with Crippen molar-refractivity contribution < 1.29 is 9.52 Å². The van der Waals surface area contributed by atoms with Gasteiger partial charge in [0.05, 0.1) is 12.5 Å². The van der Waals surface area contributed by atoms with Crippen molar-refractivity contribution >= 4 is 0 Å². The van der Waals surface area contributed by atoms with E-state index in [2.05, 4.69) is 0 Å². The largest absolute Gasteiger partial charge is 0.472 e. The molecule has 3 N–H and O–H groups in total. The van der Waals surface area contributed by atoms with Crippen LogP contribution in [0.5, 0.6) is 0 Å². The average molecular weight is 169 g/mol. The molecule has 0 saturated carbocycles. The Bertz CT molecular complexity index is 229. The van der Waals surface area contributed by atoms with E-state index in [1.807, 2.05) is 19.9 Å². The fraction of sp³-hybridized carbons (Fsp3) is 0.556. The second-order valence-electron chi connectivity index (χ2n) is 3.68. The van der Waals surface area contributed by atoms with Gasteiger partial charge in [0, 0.05) is 23.6 Å². The summed E-state index contributed by atoms with van der Waals surface area (Å²) < 4.78 is 4.91. The first-order valence-electron chi connectivity index (χ1n) is 3.96. The topological polar surface area (TPSA) is 59.4 Å². The Kier molecular flexibility index (Phi) is 2.55. The lowest BCUT2D eigenvalue weighted by atomic mass is 9.83. The second kappa shape index (κ2) is 3.29. The summed E-state index contributed by atoms with van der Waals surface area (Å²) in [5.74, 6) is 0. The van der Waals surface area contributed by atoms with Crippen LogP contribution in [0, 0.1) is 5.41 Å². The molecule has 0 radical (unpaired) electrons. The smallest absolute Gasteiger partial charge is 0.0950 e. The summed E-state index contributed by atoms with van der Waals surface area (Å²) in [5.41, 5.74) is 6.53. The maximum absolute atomic E-state index is 9.05. The predicted octanol–water partition coefficient (Wildman–Crippen LogP) is 1.30. The maximum Gasteiger partial charge on any atom is 0.0950 e. The molecule has 0 aliphatic rings. The highest BCUT2D eigenvalue weighted by Gasteiger charge is 2.27. The lowest BCUT2D eigenvalue weighted by Crippen LogP contribution is -2.32. The van der Waals surface area contributed by atoms with Gasteiger partial charge in [0.25, 0.3) is 0 Å². The van der Waals surface area contributed by atoms with Crippen LogP contribution in [-0.2, 0) is 0 Å². The minimum absolute atomic E-state index is 0.0688. The fourth-order valence-corrected chi connectivity index (χ4v) is 1.00. The third-order valence-electron chi connectivity index (χ3n) is 2.15. The minimum atomic E-state index is -0.302. The summed E-state index contributed by atoms with van der Waals surface area (Å²) >= 11 is 0. The van der Waals surface area contributed by atoms with E-state index >= 15 is 0 Å². The molecular formula is C9H15NO2. The Hall–Kier alpha value is -0.800. The van der Waals surface area contributed by atoms with Gasteiger partial charge in [0.2, 0.25) is 0 Å². The molecule has 0 unspecified atom stereocenters. The van der Waals surface area contributed by atoms with Gasteiger partial charge in [0.15, 0.2) is 0 Å². The Labute approximate surface area is 72.2 Å². The molecule has 3 nitrogen and oxygen atoms in total. The van der Waals surface area contributed by atoms with Crippen molar-refractivity contribution in [2.24, 2.45) is 11.1 Å². The van der Waals surface area contributed by atoms with Crippen LogP contribution in [0.25, 0.3) is 0 Å². The van der Waals surface area contributed by atoms with Gasteiger partial charge in [-0.1, -0.05) is 13.8 Å². The van der Waals surface area contributed by atoms with E-state index in [1.165, 1.54) is 0 Å². The van der Waals surface area contributed by atoms with E-state index in [1.54, 1.807) is 12.5 Å². The van der Waals surface area contributed by atoms with Crippen molar-refractivity contribution in [3.05, 3.63) is 24.2 Å². The first kappa shape index (κ1) is 9.29. The third-order valence-corrected chi connectivity index (χ3v) is 2.15. The molecular weight excluding hydrogens is 154 g/mol. The molecule has 68 valence electrons. The van der Waals surface area contributed by atoms with E-state index in [-0.39, 0.29) is 18.1 Å². The van der Waals surface area contributed by atoms with E-state index in [9.17, 15) is 0 Å². The molecule has 3 heteroatoms.